The number of nitrogen functional groups attached to an aromatic ring is 1. The average molecular weight is 274 g/mol. The number of fused-ring (bicyclic) bond motifs is 1. The molecule has 3 rings (SSSR count). The van der Waals surface area contributed by atoms with Crippen LogP contribution in [0.1, 0.15) is 25.8 Å². The first kappa shape index (κ1) is 12.8. The number of hydrogen-bond donors (Lipinski definition) is 2. The summed E-state index contributed by atoms with van der Waals surface area (Å²) in [6.07, 6.45) is 2.12. The van der Waals surface area contributed by atoms with Gasteiger partial charge in [0.15, 0.2) is 0 Å². The smallest absolute Gasteiger partial charge is 0.243 e. The number of hydrogen-bond acceptors (Lipinski definition) is 4. The van der Waals surface area contributed by atoms with Crippen molar-refractivity contribution in [3.05, 3.63) is 18.2 Å². The van der Waals surface area contributed by atoms with E-state index in [0.29, 0.717) is 23.3 Å². The van der Waals surface area contributed by atoms with Gasteiger partial charge in [0.05, 0.1) is 12.6 Å². The third kappa shape index (κ3) is 2.07. The third-order valence-corrected chi connectivity index (χ3v) is 3.62. The molecule has 1 fully saturated rings. The Kier molecular flexibility index (Phi) is 3.00. The lowest BCUT2D eigenvalue weighted by Crippen LogP contribution is -2.32. The van der Waals surface area contributed by atoms with Gasteiger partial charge in [-0.3, -0.25) is 9.36 Å². The second kappa shape index (κ2) is 4.70. The van der Waals surface area contributed by atoms with Crippen LogP contribution in [-0.2, 0) is 4.79 Å². The molecule has 6 nitrogen and oxygen atoms in total. The molecule has 1 aliphatic carbocycles. The number of ether oxygens (including phenoxy) is 1. The van der Waals surface area contributed by atoms with Gasteiger partial charge in [-0.25, -0.2) is 4.98 Å². The molecule has 1 unspecified atom stereocenters. The van der Waals surface area contributed by atoms with Gasteiger partial charge in [0.2, 0.25) is 11.9 Å². The van der Waals surface area contributed by atoms with Gasteiger partial charge in [0.1, 0.15) is 17.3 Å². The van der Waals surface area contributed by atoms with E-state index in [1.165, 1.54) is 0 Å². The van der Waals surface area contributed by atoms with Crippen LogP contribution < -0.4 is 15.8 Å². The Bertz CT molecular complexity index is 660. The minimum Gasteiger partial charge on any atom is -0.494 e. The van der Waals surface area contributed by atoms with Crippen molar-refractivity contribution in [2.24, 2.45) is 0 Å². The van der Waals surface area contributed by atoms with Gasteiger partial charge >= 0.3 is 0 Å². The molecular formula is C14H18N4O2. The fourth-order valence-corrected chi connectivity index (χ4v) is 2.35. The van der Waals surface area contributed by atoms with E-state index < -0.39 is 6.04 Å². The van der Waals surface area contributed by atoms with Crippen LogP contribution in [0, 0.1) is 0 Å². The lowest BCUT2D eigenvalue weighted by Gasteiger charge is -2.15. The van der Waals surface area contributed by atoms with Gasteiger partial charge in [-0.15, -0.1) is 0 Å². The average Bonchev–Trinajstić information content (AvgIpc) is 3.17. The van der Waals surface area contributed by atoms with E-state index in [1.807, 2.05) is 25.1 Å². The second-order valence-corrected chi connectivity index (χ2v) is 5.13. The van der Waals surface area contributed by atoms with E-state index in [-0.39, 0.29) is 5.91 Å². The van der Waals surface area contributed by atoms with Gasteiger partial charge in [-0.2, -0.15) is 0 Å². The van der Waals surface area contributed by atoms with Gasteiger partial charge in [-0.05, 0) is 31.9 Å². The molecule has 0 aliphatic heterocycles. The van der Waals surface area contributed by atoms with Gasteiger partial charge < -0.3 is 15.8 Å². The Morgan fingerprint density at radius 1 is 1.55 bits per heavy atom. The molecule has 0 radical (unpaired) electrons. The molecule has 0 saturated heterocycles. The standard InChI is InChI=1S/C14H18N4O2/c1-8(13(19)16-9-6-7-9)18-10-4-3-5-11(20-2)12(10)17-14(18)15/h3-5,8-9H,6-7H2,1-2H3,(H2,15,17)(H,16,19). The first-order valence-corrected chi connectivity index (χ1v) is 6.72. The highest BCUT2D eigenvalue weighted by Crippen LogP contribution is 2.30. The summed E-state index contributed by atoms with van der Waals surface area (Å²) >= 11 is 0. The van der Waals surface area contributed by atoms with Crippen LogP contribution in [0.5, 0.6) is 5.75 Å². The van der Waals surface area contributed by atoms with Gasteiger partial charge in [0, 0.05) is 6.04 Å². The van der Waals surface area contributed by atoms with Crippen molar-refractivity contribution in [1.29, 1.82) is 0 Å². The largest absolute Gasteiger partial charge is 0.494 e. The number of aromatic nitrogens is 2. The molecule has 1 aromatic heterocycles. The van der Waals surface area contributed by atoms with Crippen molar-refractivity contribution in [2.75, 3.05) is 12.8 Å². The maximum absolute atomic E-state index is 12.2. The fraction of sp³-hybridized carbons (Fsp3) is 0.429. The Balaban J connectivity index is 2.01. The number of anilines is 1. The van der Waals surface area contributed by atoms with E-state index in [1.54, 1.807) is 11.7 Å². The quantitative estimate of drug-likeness (QED) is 0.884. The molecule has 2 aromatic rings. The Morgan fingerprint density at radius 2 is 2.30 bits per heavy atom. The zero-order valence-electron chi connectivity index (χ0n) is 11.6. The zero-order valence-corrected chi connectivity index (χ0v) is 11.6. The number of nitrogens with two attached hydrogens (primary N) is 1. The number of carbonyl (C=O) groups is 1. The zero-order chi connectivity index (χ0) is 14.3. The molecule has 20 heavy (non-hydrogen) atoms. The van der Waals surface area contributed by atoms with Crippen LogP contribution in [0.3, 0.4) is 0 Å². The number of rotatable bonds is 4. The molecule has 1 amide bonds. The number of amides is 1. The molecule has 0 bridgehead atoms. The summed E-state index contributed by atoms with van der Waals surface area (Å²) in [6, 6.07) is 5.52. The molecular weight excluding hydrogens is 256 g/mol. The van der Waals surface area contributed by atoms with E-state index in [2.05, 4.69) is 10.3 Å². The minimum absolute atomic E-state index is 0.0266. The van der Waals surface area contributed by atoms with Crippen molar-refractivity contribution in [3.63, 3.8) is 0 Å². The van der Waals surface area contributed by atoms with Crippen molar-refractivity contribution in [1.82, 2.24) is 14.9 Å². The molecule has 1 atom stereocenters. The minimum atomic E-state index is -0.396. The van der Waals surface area contributed by atoms with Crippen molar-refractivity contribution >= 4 is 22.9 Å². The first-order valence-electron chi connectivity index (χ1n) is 6.72. The molecule has 1 aromatic carbocycles. The molecule has 3 N–H and O–H groups in total. The SMILES string of the molecule is COc1cccc2c1nc(N)n2C(C)C(=O)NC1CC1. The van der Waals surface area contributed by atoms with Crippen molar-refractivity contribution < 1.29 is 9.53 Å². The molecule has 6 heteroatoms. The fourth-order valence-electron chi connectivity index (χ4n) is 2.35. The Hall–Kier alpha value is -2.24. The highest BCUT2D eigenvalue weighted by Gasteiger charge is 2.28. The number of para-hydroxylation sites is 1. The van der Waals surface area contributed by atoms with E-state index in [9.17, 15) is 4.79 Å². The lowest BCUT2D eigenvalue weighted by molar-refractivity contribution is -0.123. The van der Waals surface area contributed by atoms with E-state index in [4.69, 9.17) is 10.5 Å². The van der Waals surface area contributed by atoms with Crippen LogP contribution in [0.2, 0.25) is 0 Å². The van der Waals surface area contributed by atoms with Crippen LogP contribution in [0.4, 0.5) is 5.95 Å². The highest BCUT2D eigenvalue weighted by atomic mass is 16.5. The Morgan fingerprint density at radius 3 is 2.95 bits per heavy atom. The van der Waals surface area contributed by atoms with Crippen LogP contribution in [0.25, 0.3) is 11.0 Å². The van der Waals surface area contributed by atoms with Crippen molar-refractivity contribution in [3.8, 4) is 5.75 Å². The van der Waals surface area contributed by atoms with E-state index >= 15 is 0 Å². The number of nitrogens with one attached hydrogen (secondary N) is 1. The molecule has 1 saturated carbocycles. The number of carbonyl (C=O) groups excluding carboxylic acids is 1. The number of methoxy groups -OCH3 is 1. The lowest BCUT2D eigenvalue weighted by atomic mass is 10.2. The summed E-state index contributed by atoms with van der Waals surface area (Å²) < 4.78 is 7.02. The number of nitrogens with zero attached hydrogens (tertiary/aromatic N) is 2. The highest BCUT2D eigenvalue weighted by molar-refractivity contribution is 5.88. The summed E-state index contributed by atoms with van der Waals surface area (Å²) in [4.78, 5) is 16.5. The number of benzene rings is 1. The van der Waals surface area contributed by atoms with Crippen LogP contribution >= 0.6 is 0 Å². The monoisotopic (exact) mass is 274 g/mol. The first-order chi connectivity index (χ1) is 9.61. The maximum atomic E-state index is 12.2. The maximum Gasteiger partial charge on any atom is 0.243 e. The van der Waals surface area contributed by atoms with Crippen molar-refractivity contribution in [2.45, 2.75) is 31.8 Å². The summed E-state index contributed by atoms with van der Waals surface area (Å²) in [5, 5.41) is 2.99. The summed E-state index contributed by atoms with van der Waals surface area (Å²) in [7, 11) is 1.59. The molecule has 1 heterocycles. The predicted molar refractivity (Wildman–Crippen MR) is 76.6 cm³/mol. The summed E-state index contributed by atoms with van der Waals surface area (Å²) in [5.74, 6) is 0.951. The molecule has 1 aliphatic rings. The number of imidazole rings is 1. The van der Waals surface area contributed by atoms with Gasteiger partial charge in [-0.1, -0.05) is 6.07 Å². The molecule has 106 valence electrons. The topological polar surface area (TPSA) is 82.2 Å². The summed E-state index contributed by atoms with van der Waals surface area (Å²) in [6.45, 7) is 1.83. The normalized spacial score (nSPS) is 16.1. The van der Waals surface area contributed by atoms with Crippen LogP contribution in [0.15, 0.2) is 18.2 Å². The predicted octanol–water partition coefficient (Wildman–Crippen LogP) is 1.47. The van der Waals surface area contributed by atoms with Gasteiger partial charge in [0.25, 0.3) is 0 Å². The summed E-state index contributed by atoms with van der Waals surface area (Å²) in [5.41, 5.74) is 7.46. The third-order valence-electron chi connectivity index (χ3n) is 3.62. The second-order valence-electron chi connectivity index (χ2n) is 5.13. The van der Waals surface area contributed by atoms with Crippen LogP contribution in [-0.4, -0.2) is 28.6 Å². The Labute approximate surface area is 116 Å². The molecule has 0 spiro atoms. The van der Waals surface area contributed by atoms with E-state index in [0.717, 1.165) is 18.4 Å².